The Bertz CT molecular complexity index is 1160. The van der Waals surface area contributed by atoms with Crippen LogP contribution in [0.2, 0.25) is 0 Å². The van der Waals surface area contributed by atoms with Gasteiger partial charge in [0.1, 0.15) is 17.0 Å². The third kappa shape index (κ3) is 3.53. The number of hydrogen-bond donors (Lipinski definition) is 1. The normalized spacial score (nSPS) is 11.0. The van der Waals surface area contributed by atoms with Crippen LogP contribution in [0.15, 0.2) is 71.8 Å². The monoisotopic (exact) mass is 387 g/mol. The standard InChI is InChI=1S/C23H21N3OS/c1-15-7-10-17(11-8-15)21-22(26-14-16(2)9-12-20(26)25-21)23(27)24-18-5-4-6-19(13-18)28-3/h4-14H,1-3H3,(H,24,27). The molecule has 0 aliphatic rings. The summed E-state index contributed by atoms with van der Waals surface area (Å²) in [7, 11) is 0. The predicted molar refractivity (Wildman–Crippen MR) is 116 cm³/mol. The average molecular weight is 388 g/mol. The molecule has 0 bridgehead atoms. The van der Waals surface area contributed by atoms with Crippen molar-refractivity contribution in [2.75, 3.05) is 11.6 Å². The van der Waals surface area contributed by atoms with Gasteiger partial charge in [0.05, 0.1) is 0 Å². The van der Waals surface area contributed by atoms with Gasteiger partial charge in [-0.15, -0.1) is 11.8 Å². The number of hydrogen-bond acceptors (Lipinski definition) is 3. The number of carbonyl (C=O) groups is 1. The van der Waals surface area contributed by atoms with Crippen molar-refractivity contribution in [2.45, 2.75) is 18.7 Å². The van der Waals surface area contributed by atoms with Crippen LogP contribution in [0.4, 0.5) is 5.69 Å². The van der Waals surface area contributed by atoms with Gasteiger partial charge in [-0.25, -0.2) is 4.98 Å². The summed E-state index contributed by atoms with van der Waals surface area (Å²) in [4.78, 5) is 19.1. The molecule has 0 atom stereocenters. The number of carbonyl (C=O) groups excluding carboxylic acids is 1. The Kier molecular flexibility index (Phi) is 4.92. The van der Waals surface area contributed by atoms with E-state index in [1.807, 2.05) is 91.4 Å². The van der Waals surface area contributed by atoms with Gasteiger partial charge in [-0.2, -0.15) is 0 Å². The molecule has 0 spiro atoms. The summed E-state index contributed by atoms with van der Waals surface area (Å²) in [5, 5.41) is 3.04. The first-order valence-corrected chi connectivity index (χ1v) is 10.3. The largest absolute Gasteiger partial charge is 0.321 e. The first kappa shape index (κ1) is 18.3. The van der Waals surface area contributed by atoms with Crippen LogP contribution in [0.25, 0.3) is 16.9 Å². The van der Waals surface area contributed by atoms with Gasteiger partial charge in [-0.05, 0) is 49.9 Å². The molecule has 4 rings (SSSR count). The summed E-state index contributed by atoms with van der Waals surface area (Å²) in [6.07, 6.45) is 3.97. The van der Waals surface area contributed by atoms with Crippen LogP contribution < -0.4 is 5.32 Å². The summed E-state index contributed by atoms with van der Waals surface area (Å²) >= 11 is 1.64. The number of thioether (sulfide) groups is 1. The first-order chi connectivity index (χ1) is 13.5. The highest BCUT2D eigenvalue weighted by Crippen LogP contribution is 2.27. The van der Waals surface area contributed by atoms with E-state index in [1.54, 1.807) is 11.8 Å². The van der Waals surface area contributed by atoms with Gasteiger partial charge in [0.25, 0.3) is 5.91 Å². The van der Waals surface area contributed by atoms with Crippen molar-refractivity contribution in [1.29, 1.82) is 0 Å². The minimum absolute atomic E-state index is 0.174. The van der Waals surface area contributed by atoms with E-state index in [0.29, 0.717) is 11.4 Å². The number of aryl methyl sites for hydroxylation is 2. The van der Waals surface area contributed by atoms with Crippen molar-refractivity contribution in [3.63, 3.8) is 0 Å². The van der Waals surface area contributed by atoms with Gasteiger partial charge >= 0.3 is 0 Å². The molecule has 0 unspecified atom stereocenters. The second kappa shape index (κ2) is 7.52. The molecule has 2 heterocycles. The molecule has 28 heavy (non-hydrogen) atoms. The maximum absolute atomic E-state index is 13.3. The van der Waals surface area contributed by atoms with E-state index in [-0.39, 0.29) is 5.91 Å². The SMILES string of the molecule is CSc1cccc(NC(=O)c2c(-c3ccc(C)cc3)nc3ccc(C)cn23)c1. The van der Waals surface area contributed by atoms with Crippen LogP contribution in [0.3, 0.4) is 0 Å². The molecule has 0 saturated heterocycles. The van der Waals surface area contributed by atoms with Crippen LogP contribution in [-0.2, 0) is 0 Å². The lowest BCUT2D eigenvalue weighted by Crippen LogP contribution is -2.15. The Hall–Kier alpha value is -3.05. The van der Waals surface area contributed by atoms with Gasteiger partial charge in [-0.3, -0.25) is 9.20 Å². The summed E-state index contributed by atoms with van der Waals surface area (Å²) < 4.78 is 1.87. The fraction of sp³-hybridized carbons (Fsp3) is 0.130. The second-order valence-corrected chi connectivity index (χ2v) is 7.68. The lowest BCUT2D eigenvalue weighted by Gasteiger charge is -2.09. The highest BCUT2D eigenvalue weighted by Gasteiger charge is 2.21. The van der Waals surface area contributed by atoms with Crippen molar-refractivity contribution in [3.05, 3.63) is 83.7 Å². The number of imidazole rings is 1. The Morgan fingerprint density at radius 1 is 1.00 bits per heavy atom. The van der Waals surface area contributed by atoms with Crippen LogP contribution >= 0.6 is 11.8 Å². The second-order valence-electron chi connectivity index (χ2n) is 6.80. The number of benzene rings is 2. The highest BCUT2D eigenvalue weighted by atomic mass is 32.2. The predicted octanol–water partition coefficient (Wildman–Crippen LogP) is 5.59. The van der Waals surface area contributed by atoms with Crippen LogP contribution in [0.1, 0.15) is 21.6 Å². The van der Waals surface area contributed by atoms with Gasteiger partial charge in [0.15, 0.2) is 0 Å². The van der Waals surface area contributed by atoms with E-state index in [2.05, 4.69) is 5.32 Å². The number of nitrogens with zero attached hydrogens (tertiary/aromatic N) is 2. The fourth-order valence-corrected chi connectivity index (χ4v) is 3.63. The number of aromatic nitrogens is 2. The number of rotatable bonds is 4. The number of fused-ring (bicyclic) bond motifs is 1. The first-order valence-electron chi connectivity index (χ1n) is 9.06. The van der Waals surface area contributed by atoms with Crippen molar-refractivity contribution >= 4 is 29.0 Å². The summed E-state index contributed by atoms with van der Waals surface area (Å²) in [5.74, 6) is -0.174. The Labute approximate surface area is 168 Å². The zero-order valence-electron chi connectivity index (χ0n) is 16.1. The molecular formula is C23H21N3OS. The van der Waals surface area contributed by atoms with Crippen LogP contribution in [0, 0.1) is 13.8 Å². The van der Waals surface area contributed by atoms with Crippen LogP contribution in [0.5, 0.6) is 0 Å². The minimum atomic E-state index is -0.174. The lowest BCUT2D eigenvalue weighted by molar-refractivity contribution is 0.102. The molecule has 4 nitrogen and oxygen atoms in total. The summed E-state index contributed by atoms with van der Waals surface area (Å²) in [5.41, 5.74) is 5.91. The highest BCUT2D eigenvalue weighted by molar-refractivity contribution is 7.98. The Morgan fingerprint density at radius 3 is 2.50 bits per heavy atom. The van der Waals surface area contributed by atoms with E-state index >= 15 is 0 Å². The molecule has 4 aromatic rings. The minimum Gasteiger partial charge on any atom is -0.321 e. The molecule has 2 aromatic carbocycles. The summed E-state index contributed by atoms with van der Waals surface area (Å²) in [6.45, 7) is 4.05. The lowest BCUT2D eigenvalue weighted by atomic mass is 10.1. The Morgan fingerprint density at radius 2 is 1.75 bits per heavy atom. The molecule has 140 valence electrons. The van der Waals surface area contributed by atoms with Crippen molar-refractivity contribution in [2.24, 2.45) is 0 Å². The molecule has 5 heteroatoms. The van der Waals surface area contributed by atoms with Gasteiger partial charge in [0.2, 0.25) is 0 Å². The molecule has 0 radical (unpaired) electrons. The van der Waals surface area contributed by atoms with Gasteiger partial charge in [-0.1, -0.05) is 42.0 Å². The summed E-state index contributed by atoms with van der Waals surface area (Å²) in [6, 6.07) is 19.9. The zero-order chi connectivity index (χ0) is 19.7. The topological polar surface area (TPSA) is 46.4 Å². The number of nitrogens with one attached hydrogen (secondary N) is 1. The maximum Gasteiger partial charge on any atom is 0.274 e. The molecular weight excluding hydrogens is 366 g/mol. The van der Waals surface area contributed by atoms with Crippen molar-refractivity contribution < 1.29 is 4.79 Å². The molecule has 0 fully saturated rings. The van der Waals surface area contributed by atoms with E-state index in [4.69, 9.17) is 4.98 Å². The Balaban J connectivity index is 1.83. The van der Waals surface area contributed by atoms with E-state index < -0.39 is 0 Å². The molecule has 0 aliphatic carbocycles. The average Bonchev–Trinajstić information content (AvgIpc) is 3.07. The van der Waals surface area contributed by atoms with E-state index in [1.165, 1.54) is 5.56 Å². The zero-order valence-corrected chi connectivity index (χ0v) is 16.9. The third-order valence-electron chi connectivity index (χ3n) is 4.63. The smallest absolute Gasteiger partial charge is 0.274 e. The number of anilines is 1. The van der Waals surface area contributed by atoms with Crippen molar-refractivity contribution in [1.82, 2.24) is 9.38 Å². The number of pyridine rings is 1. The molecule has 2 aromatic heterocycles. The third-order valence-corrected chi connectivity index (χ3v) is 5.36. The maximum atomic E-state index is 13.3. The molecule has 1 N–H and O–H groups in total. The molecule has 1 amide bonds. The van der Waals surface area contributed by atoms with E-state index in [0.717, 1.165) is 27.4 Å². The fourth-order valence-electron chi connectivity index (χ4n) is 3.17. The van der Waals surface area contributed by atoms with Gasteiger partial charge in [0, 0.05) is 22.3 Å². The van der Waals surface area contributed by atoms with Crippen molar-refractivity contribution in [3.8, 4) is 11.3 Å². The van der Waals surface area contributed by atoms with Gasteiger partial charge < -0.3 is 5.32 Å². The number of amides is 1. The molecule has 0 saturated carbocycles. The molecule has 0 aliphatic heterocycles. The van der Waals surface area contributed by atoms with E-state index in [9.17, 15) is 4.79 Å². The quantitative estimate of drug-likeness (QED) is 0.464. The van der Waals surface area contributed by atoms with Crippen LogP contribution in [-0.4, -0.2) is 21.5 Å².